The first kappa shape index (κ1) is 23.0. The molecule has 0 bridgehead atoms. The summed E-state index contributed by atoms with van der Waals surface area (Å²) in [5, 5.41) is 0. The smallest absolute Gasteiger partial charge is 0.306 e. The van der Waals surface area contributed by atoms with Gasteiger partial charge in [0.25, 0.3) is 0 Å². The van der Waals surface area contributed by atoms with E-state index in [0.29, 0.717) is 32.1 Å². The first-order valence-electron chi connectivity index (χ1n) is 7.54. The van der Waals surface area contributed by atoms with Crippen LogP contribution in [-0.4, -0.2) is 37.2 Å². The van der Waals surface area contributed by atoms with E-state index in [4.69, 9.17) is 14.2 Å². The molecular weight excluding hydrogens is 312 g/mol. The van der Waals surface area contributed by atoms with E-state index < -0.39 is 6.10 Å². The van der Waals surface area contributed by atoms with Crippen molar-refractivity contribution < 1.29 is 28.6 Å². The van der Waals surface area contributed by atoms with Crippen LogP contribution in [0.3, 0.4) is 0 Å². The van der Waals surface area contributed by atoms with E-state index in [9.17, 15) is 14.4 Å². The lowest BCUT2D eigenvalue weighted by molar-refractivity contribution is -0.166. The Morgan fingerprint density at radius 3 is 1.45 bits per heavy atom. The van der Waals surface area contributed by atoms with Gasteiger partial charge in [-0.05, 0) is 19.3 Å². The van der Waals surface area contributed by atoms with E-state index >= 15 is 0 Å². The highest BCUT2D eigenvalue weighted by molar-refractivity contribution is 5.85. The Morgan fingerprint density at radius 2 is 1.09 bits per heavy atom. The summed E-state index contributed by atoms with van der Waals surface area (Å²) in [5.74, 6) is -1.09. The van der Waals surface area contributed by atoms with Crippen molar-refractivity contribution in [1.82, 2.24) is 0 Å². The largest absolute Gasteiger partial charge is 0.462 e. The second kappa shape index (κ2) is 14.6. The average Bonchev–Trinajstić information content (AvgIpc) is 2.42. The molecule has 0 rings (SSSR count). The standard InChI is InChI=1S/C15H26O6.ClH/c1-4-7-13(16)19-10-12(21-15(18)9-6-3)11-20-14(17)8-5-2;/h12H,4-11H2,1-3H3;1H. The molecule has 0 radical (unpaired) electrons. The lowest BCUT2D eigenvalue weighted by atomic mass is 10.3. The van der Waals surface area contributed by atoms with Gasteiger partial charge in [0.15, 0.2) is 6.10 Å². The summed E-state index contributed by atoms with van der Waals surface area (Å²) in [5.41, 5.74) is 0. The lowest BCUT2D eigenvalue weighted by Crippen LogP contribution is -2.30. The van der Waals surface area contributed by atoms with E-state index in [0.717, 1.165) is 0 Å². The fourth-order valence-electron chi connectivity index (χ4n) is 1.49. The van der Waals surface area contributed by atoms with Gasteiger partial charge in [-0.2, -0.15) is 0 Å². The Bertz CT molecular complexity index is 310. The van der Waals surface area contributed by atoms with E-state index in [-0.39, 0.29) is 49.9 Å². The maximum absolute atomic E-state index is 11.5. The molecule has 0 unspecified atom stereocenters. The van der Waals surface area contributed by atoms with E-state index in [1.165, 1.54) is 0 Å². The number of rotatable bonds is 11. The number of carbonyl (C=O) groups is 3. The molecule has 0 heterocycles. The summed E-state index contributed by atoms with van der Waals surface area (Å²) in [6.45, 7) is 5.42. The Morgan fingerprint density at radius 1 is 0.727 bits per heavy atom. The number of esters is 3. The molecule has 0 aliphatic carbocycles. The van der Waals surface area contributed by atoms with Crippen LogP contribution in [0.5, 0.6) is 0 Å². The monoisotopic (exact) mass is 338 g/mol. The molecule has 0 N–H and O–H groups in total. The fourth-order valence-corrected chi connectivity index (χ4v) is 1.49. The molecule has 22 heavy (non-hydrogen) atoms. The van der Waals surface area contributed by atoms with Crippen LogP contribution in [-0.2, 0) is 28.6 Å². The zero-order valence-corrected chi connectivity index (χ0v) is 14.4. The molecule has 7 heteroatoms. The number of ether oxygens (including phenoxy) is 3. The van der Waals surface area contributed by atoms with Gasteiger partial charge in [-0.25, -0.2) is 0 Å². The third kappa shape index (κ3) is 12.4. The average molecular weight is 339 g/mol. The second-order valence-electron chi connectivity index (χ2n) is 4.73. The first-order valence-corrected chi connectivity index (χ1v) is 7.54. The molecule has 0 amide bonds. The molecule has 0 aliphatic heterocycles. The second-order valence-corrected chi connectivity index (χ2v) is 4.73. The van der Waals surface area contributed by atoms with Crippen LogP contribution in [0.1, 0.15) is 59.3 Å². The van der Waals surface area contributed by atoms with Gasteiger partial charge in [0.1, 0.15) is 13.2 Å². The molecule has 6 nitrogen and oxygen atoms in total. The number of carbonyl (C=O) groups excluding carboxylic acids is 3. The molecule has 0 fully saturated rings. The maximum atomic E-state index is 11.5. The minimum atomic E-state index is -0.745. The van der Waals surface area contributed by atoms with Gasteiger partial charge in [-0.1, -0.05) is 20.8 Å². The summed E-state index contributed by atoms with van der Waals surface area (Å²) in [6, 6.07) is 0. The Balaban J connectivity index is 0. The molecule has 0 aliphatic rings. The van der Waals surface area contributed by atoms with E-state index in [1.807, 2.05) is 20.8 Å². The topological polar surface area (TPSA) is 78.9 Å². The minimum absolute atomic E-state index is 0. The molecule has 0 aromatic heterocycles. The van der Waals surface area contributed by atoms with Gasteiger partial charge in [0.2, 0.25) is 0 Å². The quantitative estimate of drug-likeness (QED) is 0.426. The normalized spacial score (nSPS) is 9.82. The summed E-state index contributed by atoms with van der Waals surface area (Å²) >= 11 is 0. The van der Waals surface area contributed by atoms with Crippen molar-refractivity contribution in [3.05, 3.63) is 0 Å². The van der Waals surface area contributed by atoms with Gasteiger partial charge in [0, 0.05) is 19.3 Å². The number of hydrogen-bond donors (Lipinski definition) is 0. The van der Waals surface area contributed by atoms with Crippen molar-refractivity contribution in [2.75, 3.05) is 13.2 Å². The van der Waals surface area contributed by atoms with Crippen LogP contribution in [0.15, 0.2) is 0 Å². The van der Waals surface area contributed by atoms with Gasteiger partial charge in [-0.15, -0.1) is 12.4 Å². The van der Waals surface area contributed by atoms with Crippen molar-refractivity contribution in [2.45, 2.75) is 65.4 Å². The van der Waals surface area contributed by atoms with Crippen LogP contribution in [0, 0.1) is 0 Å². The highest BCUT2D eigenvalue weighted by Gasteiger charge is 2.18. The van der Waals surface area contributed by atoms with Crippen LogP contribution in [0.25, 0.3) is 0 Å². The van der Waals surface area contributed by atoms with E-state index in [1.54, 1.807) is 0 Å². The summed E-state index contributed by atoms with van der Waals surface area (Å²) in [7, 11) is 0. The molecular formula is C15H27ClO6. The minimum Gasteiger partial charge on any atom is -0.462 e. The van der Waals surface area contributed by atoms with Crippen molar-refractivity contribution in [3.8, 4) is 0 Å². The predicted molar refractivity (Wildman–Crippen MR) is 83.8 cm³/mol. The van der Waals surface area contributed by atoms with Crippen molar-refractivity contribution in [2.24, 2.45) is 0 Å². The van der Waals surface area contributed by atoms with Gasteiger partial charge in [0.05, 0.1) is 0 Å². The van der Waals surface area contributed by atoms with Crippen LogP contribution in [0.2, 0.25) is 0 Å². The Labute approximate surface area is 138 Å². The molecule has 130 valence electrons. The van der Waals surface area contributed by atoms with Gasteiger partial charge in [-0.3, -0.25) is 14.4 Å². The van der Waals surface area contributed by atoms with Crippen LogP contribution < -0.4 is 0 Å². The fraction of sp³-hybridized carbons (Fsp3) is 0.800. The number of halogens is 1. The summed E-state index contributed by atoms with van der Waals surface area (Å²) < 4.78 is 15.2. The Kier molecular flexibility index (Phi) is 15.3. The first-order chi connectivity index (χ1) is 10.0. The molecule has 0 aromatic carbocycles. The van der Waals surface area contributed by atoms with Gasteiger partial charge >= 0.3 is 17.9 Å². The van der Waals surface area contributed by atoms with Gasteiger partial charge < -0.3 is 14.2 Å². The zero-order chi connectivity index (χ0) is 16.1. The zero-order valence-electron chi connectivity index (χ0n) is 13.6. The van der Waals surface area contributed by atoms with Crippen molar-refractivity contribution in [1.29, 1.82) is 0 Å². The SMILES string of the molecule is CCCC(=O)OCC(COC(=O)CCC)OC(=O)CCC.Cl. The summed E-state index contributed by atoms with van der Waals surface area (Å²) in [4.78, 5) is 34.1. The molecule has 0 saturated carbocycles. The highest BCUT2D eigenvalue weighted by atomic mass is 35.5. The third-order valence-electron chi connectivity index (χ3n) is 2.52. The molecule has 0 atom stereocenters. The predicted octanol–water partition coefficient (Wildman–Crippen LogP) is 2.81. The van der Waals surface area contributed by atoms with E-state index in [2.05, 4.69) is 0 Å². The Hall–Kier alpha value is -1.30. The summed E-state index contributed by atoms with van der Waals surface area (Å²) in [6.07, 6.45) is 2.19. The highest BCUT2D eigenvalue weighted by Crippen LogP contribution is 2.03. The maximum Gasteiger partial charge on any atom is 0.306 e. The molecule has 0 spiro atoms. The van der Waals surface area contributed by atoms with Crippen molar-refractivity contribution in [3.63, 3.8) is 0 Å². The lowest BCUT2D eigenvalue weighted by Gasteiger charge is -2.18. The van der Waals surface area contributed by atoms with Crippen LogP contribution >= 0.6 is 12.4 Å². The number of hydrogen-bond acceptors (Lipinski definition) is 6. The molecule has 0 aromatic rings. The van der Waals surface area contributed by atoms with Crippen molar-refractivity contribution >= 4 is 30.3 Å². The van der Waals surface area contributed by atoms with Crippen LogP contribution in [0.4, 0.5) is 0 Å². The molecule has 0 saturated heterocycles. The third-order valence-corrected chi connectivity index (χ3v) is 2.52.